The molecule has 3 amide bonds. The lowest BCUT2D eigenvalue weighted by atomic mass is 9.78. The van der Waals surface area contributed by atoms with Crippen molar-refractivity contribution in [1.29, 1.82) is 0 Å². The second-order valence-corrected chi connectivity index (χ2v) is 12.2. The monoisotopic (exact) mass is 695 g/mol. The van der Waals surface area contributed by atoms with Gasteiger partial charge in [0.15, 0.2) is 0 Å². The van der Waals surface area contributed by atoms with Crippen LogP contribution in [0.2, 0.25) is 0 Å². The van der Waals surface area contributed by atoms with E-state index in [-0.39, 0.29) is 48.4 Å². The summed E-state index contributed by atoms with van der Waals surface area (Å²) < 4.78 is 128. The zero-order valence-electron chi connectivity index (χ0n) is 25.9. The Morgan fingerprint density at radius 3 is 1.90 bits per heavy atom. The summed E-state index contributed by atoms with van der Waals surface area (Å²) in [6, 6.07) is 1.34. The summed E-state index contributed by atoms with van der Waals surface area (Å²) in [5.74, 6) is -1.39. The van der Waals surface area contributed by atoms with Crippen LogP contribution in [0.15, 0.2) is 36.4 Å². The molecule has 48 heavy (non-hydrogen) atoms. The van der Waals surface area contributed by atoms with Crippen molar-refractivity contribution in [3.63, 3.8) is 0 Å². The molecule has 2 aromatic carbocycles. The third-order valence-corrected chi connectivity index (χ3v) is 9.01. The van der Waals surface area contributed by atoms with Crippen LogP contribution in [0.3, 0.4) is 0 Å². The molecule has 0 bridgehead atoms. The molecule has 2 N–H and O–H groups in total. The van der Waals surface area contributed by atoms with Gasteiger partial charge in [-0.05, 0) is 92.0 Å². The number of hydrogen-bond donors (Lipinski definition) is 1. The Labute approximate surface area is 270 Å². The van der Waals surface area contributed by atoms with E-state index in [0.717, 1.165) is 30.2 Å². The van der Waals surface area contributed by atoms with E-state index in [2.05, 4.69) is 0 Å². The molecule has 1 saturated carbocycles. The van der Waals surface area contributed by atoms with E-state index in [9.17, 15) is 53.9 Å². The smallest absolute Gasteiger partial charge is 0.416 e. The number of benzene rings is 2. The summed E-state index contributed by atoms with van der Waals surface area (Å²) in [5, 5.41) is 0. The molecule has 16 heteroatoms. The SMILES string of the molecule is CC[C@@H]1C[C@H](N(Cc2cc(C(F)(F)F)cc(C(F)(F)F)c2)C(=O)OC)c2cc(C(F)(F)F)ccc2N1C(=O)C1CCC(CC(N)=O)CC1. The number of rotatable bonds is 7. The minimum Gasteiger partial charge on any atom is -0.453 e. The Morgan fingerprint density at radius 1 is 0.854 bits per heavy atom. The molecule has 1 fully saturated rings. The summed E-state index contributed by atoms with van der Waals surface area (Å²) >= 11 is 0. The molecule has 0 aromatic heterocycles. The summed E-state index contributed by atoms with van der Waals surface area (Å²) in [6.07, 6.45) is -14.4. The van der Waals surface area contributed by atoms with E-state index in [0.29, 0.717) is 37.8 Å². The van der Waals surface area contributed by atoms with E-state index < -0.39 is 77.3 Å². The van der Waals surface area contributed by atoms with Crippen molar-refractivity contribution < 1.29 is 58.6 Å². The number of halogens is 9. The average Bonchev–Trinajstić information content (AvgIpc) is 3.00. The van der Waals surface area contributed by atoms with Crippen molar-refractivity contribution in [1.82, 2.24) is 4.90 Å². The van der Waals surface area contributed by atoms with Crippen LogP contribution < -0.4 is 10.6 Å². The van der Waals surface area contributed by atoms with Crippen molar-refractivity contribution in [2.45, 2.75) is 89.0 Å². The van der Waals surface area contributed by atoms with Gasteiger partial charge in [-0.15, -0.1) is 0 Å². The molecule has 1 aliphatic heterocycles. The van der Waals surface area contributed by atoms with Gasteiger partial charge in [0.25, 0.3) is 0 Å². The minimum absolute atomic E-state index is 0.0109. The van der Waals surface area contributed by atoms with Crippen LogP contribution in [0.5, 0.6) is 0 Å². The number of alkyl halides is 9. The first-order chi connectivity index (χ1) is 22.2. The van der Waals surface area contributed by atoms with Gasteiger partial charge in [-0.2, -0.15) is 39.5 Å². The van der Waals surface area contributed by atoms with Crippen LogP contribution in [0.4, 0.5) is 50.0 Å². The third-order valence-electron chi connectivity index (χ3n) is 9.01. The van der Waals surface area contributed by atoms with Gasteiger partial charge in [0.05, 0.1) is 29.8 Å². The first kappa shape index (κ1) is 36.8. The lowest BCUT2D eigenvalue weighted by Gasteiger charge is -2.45. The maximum atomic E-state index is 14.0. The summed E-state index contributed by atoms with van der Waals surface area (Å²) in [6.45, 7) is 0.819. The molecule has 0 unspecified atom stereocenters. The normalized spacial score (nSPS) is 21.8. The Morgan fingerprint density at radius 2 is 1.42 bits per heavy atom. The fourth-order valence-corrected chi connectivity index (χ4v) is 6.67. The number of ether oxygens (including phenoxy) is 1. The predicted molar refractivity (Wildman–Crippen MR) is 154 cm³/mol. The fraction of sp³-hybridized carbons (Fsp3) is 0.531. The maximum absolute atomic E-state index is 14.0. The van der Waals surface area contributed by atoms with Gasteiger partial charge in [0, 0.05) is 30.6 Å². The van der Waals surface area contributed by atoms with Gasteiger partial charge < -0.3 is 15.4 Å². The van der Waals surface area contributed by atoms with Gasteiger partial charge in [0.1, 0.15) is 0 Å². The maximum Gasteiger partial charge on any atom is 0.416 e. The molecule has 4 rings (SSSR count). The highest BCUT2D eigenvalue weighted by atomic mass is 19.4. The zero-order valence-corrected chi connectivity index (χ0v) is 25.9. The molecular formula is C32H34F9N3O4. The van der Waals surface area contributed by atoms with E-state index in [4.69, 9.17) is 10.5 Å². The Hall–Kier alpha value is -3.98. The summed E-state index contributed by atoms with van der Waals surface area (Å²) in [4.78, 5) is 40.7. The van der Waals surface area contributed by atoms with Gasteiger partial charge in [-0.1, -0.05) is 6.92 Å². The van der Waals surface area contributed by atoms with Crippen LogP contribution >= 0.6 is 0 Å². The van der Waals surface area contributed by atoms with Crippen molar-refractivity contribution in [3.8, 4) is 0 Å². The molecule has 1 aliphatic carbocycles. The van der Waals surface area contributed by atoms with E-state index in [1.165, 1.54) is 4.90 Å². The zero-order chi connectivity index (χ0) is 35.8. The molecule has 7 nitrogen and oxygen atoms in total. The second-order valence-electron chi connectivity index (χ2n) is 12.2. The van der Waals surface area contributed by atoms with Gasteiger partial charge in [-0.25, -0.2) is 4.79 Å². The quantitative estimate of drug-likeness (QED) is 0.296. The standard InChI is InChI=1S/C32H34F9N3O4/c1-3-23-15-26(43(29(47)48-2)16-18-10-21(31(36,37)38)13-22(11-18)32(39,40)41)24-14-20(30(33,34)35)8-9-25(24)44(23)28(46)19-6-4-17(5-7-19)12-27(42)45/h8-11,13-14,17,19,23,26H,3-7,12,15-16H2,1-2H3,(H2,42,45)/t17?,19?,23-,26+/m1/s1. The van der Waals surface area contributed by atoms with E-state index >= 15 is 0 Å². The lowest BCUT2D eigenvalue weighted by Crippen LogP contribution is -2.50. The van der Waals surface area contributed by atoms with Crippen molar-refractivity contribution in [3.05, 3.63) is 64.2 Å². The van der Waals surface area contributed by atoms with E-state index in [1.807, 2.05) is 0 Å². The fourth-order valence-electron chi connectivity index (χ4n) is 6.67. The minimum atomic E-state index is -5.18. The van der Waals surface area contributed by atoms with E-state index in [1.54, 1.807) is 6.92 Å². The van der Waals surface area contributed by atoms with Crippen LogP contribution in [-0.4, -0.2) is 36.0 Å². The number of anilines is 1. The number of primary amides is 1. The number of methoxy groups -OCH3 is 1. The largest absolute Gasteiger partial charge is 0.453 e. The van der Waals surface area contributed by atoms with Crippen molar-refractivity contribution >= 4 is 23.6 Å². The number of carbonyl (C=O) groups excluding carboxylic acids is 3. The van der Waals surface area contributed by atoms with Crippen molar-refractivity contribution in [2.75, 3.05) is 12.0 Å². The molecule has 2 atom stereocenters. The van der Waals surface area contributed by atoms with Crippen LogP contribution in [0.1, 0.15) is 85.7 Å². The summed E-state index contributed by atoms with van der Waals surface area (Å²) in [5.41, 5.74) is 0.186. The van der Waals surface area contributed by atoms with Crippen LogP contribution in [0, 0.1) is 11.8 Å². The second kappa shape index (κ2) is 13.9. The first-order valence-electron chi connectivity index (χ1n) is 15.2. The molecule has 0 spiro atoms. The molecule has 1 heterocycles. The number of hydrogen-bond acceptors (Lipinski definition) is 4. The topological polar surface area (TPSA) is 92.9 Å². The van der Waals surface area contributed by atoms with Crippen molar-refractivity contribution in [2.24, 2.45) is 17.6 Å². The number of nitrogens with two attached hydrogens (primary N) is 1. The van der Waals surface area contributed by atoms with Crippen LogP contribution in [-0.2, 0) is 39.4 Å². The summed E-state index contributed by atoms with van der Waals surface area (Å²) in [7, 11) is 0.917. The Bertz CT molecular complexity index is 1480. The molecule has 2 aromatic rings. The van der Waals surface area contributed by atoms with Gasteiger partial charge >= 0.3 is 24.6 Å². The average molecular weight is 696 g/mol. The third kappa shape index (κ3) is 8.17. The Kier molecular flexibility index (Phi) is 10.6. The number of amides is 3. The predicted octanol–water partition coefficient (Wildman–Crippen LogP) is 8.25. The molecular weight excluding hydrogens is 661 g/mol. The first-order valence-corrected chi connectivity index (χ1v) is 15.2. The lowest BCUT2D eigenvalue weighted by molar-refractivity contribution is -0.143. The number of nitrogens with zero attached hydrogens (tertiary/aromatic N) is 2. The highest BCUT2D eigenvalue weighted by Gasteiger charge is 2.44. The molecule has 0 saturated heterocycles. The van der Waals surface area contributed by atoms with Gasteiger partial charge in [0.2, 0.25) is 11.8 Å². The Balaban J connectivity index is 1.80. The van der Waals surface area contributed by atoms with Crippen LogP contribution in [0.25, 0.3) is 0 Å². The molecule has 264 valence electrons. The number of fused-ring (bicyclic) bond motifs is 1. The highest BCUT2D eigenvalue weighted by molar-refractivity contribution is 5.97. The number of carbonyl (C=O) groups is 3. The highest BCUT2D eigenvalue weighted by Crippen LogP contribution is 2.47. The van der Waals surface area contributed by atoms with Gasteiger partial charge in [-0.3, -0.25) is 14.5 Å². The molecule has 0 radical (unpaired) electrons. The molecule has 2 aliphatic rings.